The topological polar surface area (TPSA) is 93.6 Å². The van der Waals surface area contributed by atoms with E-state index in [1.165, 1.54) is 0 Å². The van der Waals surface area contributed by atoms with Crippen LogP contribution in [-0.2, 0) is 4.79 Å². The minimum Gasteiger partial charge on any atom is -0.377 e. The normalized spacial score (nSPS) is 21.9. The summed E-state index contributed by atoms with van der Waals surface area (Å²) in [5, 5.41) is 19.1. The molecule has 116 valence electrons. The van der Waals surface area contributed by atoms with Gasteiger partial charge in [0.15, 0.2) is 5.60 Å². The van der Waals surface area contributed by atoms with Gasteiger partial charge in [-0.25, -0.2) is 0 Å². The fraction of sp³-hybridized carbons (Fsp3) is 0.500. The van der Waals surface area contributed by atoms with Crippen LogP contribution in [0.1, 0.15) is 18.4 Å². The number of nitriles is 1. The number of carbonyl (C=O) groups excluding carboxylic acids is 1. The fourth-order valence-corrected chi connectivity index (χ4v) is 3.36. The van der Waals surface area contributed by atoms with Crippen molar-refractivity contribution in [2.75, 3.05) is 31.1 Å². The molecule has 3 N–H and O–H groups in total. The van der Waals surface area contributed by atoms with Crippen LogP contribution in [0.3, 0.4) is 0 Å². The Morgan fingerprint density at radius 2 is 1.95 bits per heavy atom. The third-order valence-corrected chi connectivity index (χ3v) is 4.73. The van der Waals surface area contributed by atoms with Gasteiger partial charge in [0.2, 0.25) is 0 Å². The largest absolute Gasteiger partial charge is 0.377 e. The molecule has 0 bridgehead atoms. The molecule has 0 unspecified atom stereocenters. The highest BCUT2D eigenvalue weighted by molar-refractivity contribution is 5.85. The summed E-state index contributed by atoms with van der Waals surface area (Å²) in [6, 6.07) is 10.2. The summed E-state index contributed by atoms with van der Waals surface area (Å²) >= 11 is 0. The Hall–Kier alpha value is -2.10. The zero-order valence-corrected chi connectivity index (χ0v) is 12.4. The van der Waals surface area contributed by atoms with Gasteiger partial charge in [-0.2, -0.15) is 5.26 Å². The molecule has 0 aromatic heterocycles. The Bertz CT molecular complexity index is 611. The molecule has 6 nitrogen and oxygen atoms in total. The van der Waals surface area contributed by atoms with E-state index < -0.39 is 11.5 Å². The number of primary amides is 1. The van der Waals surface area contributed by atoms with Crippen LogP contribution in [0.5, 0.6) is 0 Å². The first-order chi connectivity index (χ1) is 10.5. The summed E-state index contributed by atoms with van der Waals surface area (Å²) in [6.45, 7) is 2.41. The average Bonchev–Trinajstić information content (AvgIpc) is 2.52. The van der Waals surface area contributed by atoms with Crippen LogP contribution < -0.4 is 10.6 Å². The van der Waals surface area contributed by atoms with Crippen molar-refractivity contribution in [2.24, 2.45) is 5.73 Å². The molecule has 0 radical (unpaired) electrons. The van der Waals surface area contributed by atoms with Crippen LogP contribution in [-0.4, -0.2) is 53.7 Å². The number of hydrogen-bond donors (Lipinski definition) is 2. The predicted molar refractivity (Wildman–Crippen MR) is 82.1 cm³/mol. The first-order valence-corrected chi connectivity index (χ1v) is 7.54. The minimum atomic E-state index is -1.34. The van der Waals surface area contributed by atoms with Crippen molar-refractivity contribution < 1.29 is 9.90 Å². The number of hydrogen-bond acceptors (Lipinski definition) is 5. The molecule has 1 aromatic carbocycles. The van der Waals surface area contributed by atoms with Gasteiger partial charge in [-0.05, 0) is 25.0 Å². The molecule has 1 aromatic rings. The molecule has 2 aliphatic heterocycles. The monoisotopic (exact) mass is 300 g/mol. The van der Waals surface area contributed by atoms with Gasteiger partial charge >= 0.3 is 0 Å². The molecule has 2 fully saturated rings. The van der Waals surface area contributed by atoms with Crippen molar-refractivity contribution in [3.8, 4) is 6.07 Å². The number of likely N-dealkylation sites (tertiary alicyclic amines) is 1. The third kappa shape index (κ3) is 2.54. The van der Waals surface area contributed by atoms with E-state index in [9.17, 15) is 15.2 Å². The van der Waals surface area contributed by atoms with Gasteiger partial charge in [0.25, 0.3) is 5.91 Å². The standard InChI is InChI=1S/C16H20N4O2/c17-9-12-3-1-2-4-14(12)19-7-5-13(6-8-19)20-10-16(22,11-20)15(18)21/h1-4,13,22H,5-8,10-11H2,(H2,18,21). The third-order valence-electron chi connectivity index (χ3n) is 4.73. The van der Waals surface area contributed by atoms with E-state index in [0.29, 0.717) is 24.7 Å². The Morgan fingerprint density at radius 1 is 1.32 bits per heavy atom. The van der Waals surface area contributed by atoms with Gasteiger partial charge in [0.05, 0.1) is 11.3 Å². The summed E-state index contributed by atoms with van der Waals surface area (Å²) in [4.78, 5) is 15.5. The van der Waals surface area contributed by atoms with Crippen molar-refractivity contribution >= 4 is 11.6 Å². The Balaban J connectivity index is 1.58. The average molecular weight is 300 g/mol. The highest BCUT2D eigenvalue weighted by Crippen LogP contribution is 2.30. The first-order valence-electron chi connectivity index (χ1n) is 7.54. The van der Waals surface area contributed by atoms with Crippen LogP contribution in [0.2, 0.25) is 0 Å². The molecule has 6 heteroatoms. The molecular weight excluding hydrogens is 280 g/mol. The molecular formula is C16H20N4O2. The van der Waals surface area contributed by atoms with Crippen molar-refractivity contribution in [1.82, 2.24) is 4.90 Å². The van der Waals surface area contributed by atoms with E-state index in [1.807, 2.05) is 24.3 Å². The highest BCUT2D eigenvalue weighted by Gasteiger charge is 2.48. The van der Waals surface area contributed by atoms with E-state index in [1.54, 1.807) is 0 Å². The summed E-state index contributed by atoms with van der Waals surface area (Å²) in [6.07, 6.45) is 1.91. The zero-order valence-electron chi connectivity index (χ0n) is 12.4. The van der Waals surface area contributed by atoms with E-state index in [-0.39, 0.29) is 0 Å². The van der Waals surface area contributed by atoms with Gasteiger partial charge in [-0.1, -0.05) is 12.1 Å². The van der Waals surface area contributed by atoms with E-state index in [2.05, 4.69) is 15.9 Å². The van der Waals surface area contributed by atoms with E-state index in [4.69, 9.17) is 5.73 Å². The maximum Gasteiger partial charge on any atom is 0.252 e. The molecule has 1 amide bonds. The molecule has 0 atom stereocenters. The minimum absolute atomic E-state index is 0.335. The number of rotatable bonds is 3. The predicted octanol–water partition coefficient (Wildman–Crippen LogP) is 0.0591. The number of benzene rings is 1. The van der Waals surface area contributed by atoms with Gasteiger partial charge < -0.3 is 15.7 Å². The number of nitrogens with two attached hydrogens (primary N) is 1. The number of aliphatic hydroxyl groups is 1. The van der Waals surface area contributed by atoms with Crippen LogP contribution in [0.4, 0.5) is 5.69 Å². The summed E-state index contributed by atoms with van der Waals surface area (Å²) in [7, 11) is 0. The van der Waals surface area contributed by atoms with Crippen LogP contribution in [0.15, 0.2) is 24.3 Å². The maximum absolute atomic E-state index is 11.1. The second-order valence-corrected chi connectivity index (χ2v) is 6.15. The lowest BCUT2D eigenvalue weighted by molar-refractivity contribution is -0.160. The molecule has 22 heavy (non-hydrogen) atoms. The molecule has 0 saturated carbocycles. The lowest BCUT2D eigenvalue weighted by Gasteiger charge is -2.50. The number of amides is 1. The fourth-order valence-electron chi connectivity index (χ4n) is 3.36. The van der Waals surface area contributed by atoms with Crippen molar-refractivity contribution in [3.05, 3.63) is 29.8 Å². The number of anilines is 1. The van der Waals surface area contributed by atoms with E-state index >= 15 is 0 Å². The second-order valence-electron chi connectivity index (χ2n) is 6.15. The smallest absolute Gasteiger partial charge is 0.252 e. The SMILES string of the molecule is N#Cc1ccccc1N1CCC(N2CC(O)(C(N)=O)C2)CC1. The number of β-amino-alcohol motifs (C(OH)–C–C–N with tert-alkyl or cyclic N) is 1. The van der Waals surface area contributed by atoms with Crippen LogP contribution in [0.25, 0.3) is 0 Å². The Kier molecular flexibility index (Phi) is 3.77. The Labute approximate surface area is 129 Å². The van der Waals surface area contributed by atoms with Crippen molar-refractivity contribution in [2.45, 2.75) is 24.5 Å². The maximum atomic E-state index is 11.1. The number of piperidine rings is 1. The molecule has 0 aliphatic carbocycles. The first kappa shape index (κ1) is 14.8. The Morgan fingerprint density at radius 3 is 2.55 bits per heavy atom. The van der Waals surface area contributed by atoms with Crippen molar-refractivity contribution in [1.29, 1.82) is 5.26 Å². The second kappa shape index (κ2) is 5.59. The quantitative estimate of drug-likeness (QED) is 0.823. The number of nitrogens with zero attached hydrogens (tertiary/aromatic N) is 3. The van der Waals surface area contributed by atoms with Crippen molar-refractivity contribution in [3.63, 3.8) is 0 Å². The summed E-state index contributed by atoms with van der Waals surface area (Å²) < 4.78 is 0. The zero-order chi connectivity index (χ0) is 15.7. The van der Waals surface area contributed by atoms with Gasteiger partial charge in [0, 0.05) is 32.2 Å². The lowest BCUT2D eigenvalue weighted by Crippen LogP contribution is -2.70. The van der Waals surface area contributed by atoms with Crippen LogP contribution in [0, 0.1) is 11.3 Å². The summed E-state index contributed by atoms with van der Waals surface area (Å²) in [5.41, 5.74) is 5.55. The summed E-state index contributed by atoms with van der Waals surface area (Å²) in [5.74, 6) is -0.635. The molecule has 0 spiro atoms. The van der Waals surface area contributed by atoms with E-state index in [0.717, 1.165) is 31.6 Å². The van der Waals surface area contributed by atoms with Crippen LogP contribution >= 0.6 is 0 Å². The molecule has 2 heterocycles. The molecule has 2 aliphatic rings. The number of para-hydroxylation sites is 1. The molecule has 3 rings (SSSR count). The highest BCUT2D eigenvalue weighted by atomic mass is 16.3. The van der Waals surface area contributed by atoms with Gasteiger partial charge in [-0.15, -0.1) is 0 Å². The van der Waals surface area contributed by atoms with Gasteiger partial charge in [0.1, 0.15) is 6.07 Å². The van der Waals surface area contributed by atoms with Gasteiger partial charge in [-0.3, -0.25) is 9.69 Å². The molecule has 2 saturated heterocycles. The number of carbonyl (C=O) groups is 1. The lowest BCUT2D eigenvalue weighted by atomic mass is 9.88.